The lowest BCUT2D eigenvalue weighted by Gasteiger charge is -2.17. The summed E-state index contributed by atoms with van der Waals surface area (Å²) in [6.45, 7) is 3.32. The van der Waals surface area contributed by atoms with Gasteiger partial charge < -0.3 is 10.2 Å². The summed E-state index contributed by atoms with van der Waals surface area (Å²) in [6.07, 6.45) is 3.55. The molecule has 0 saturated carbocycles. The Hall–Kier alpha value is -2.96. The molecule has 1 N–H and O–H groups in total. The van der Waals surface area contributed by atoms with Gasteiger partial charge in [0, 0.05) is 31.4 Å². The highest BCUT2D eigenvalue weighted by Crippen LogP contribution is 2.13. The minimum atomic E-state index is -0.121. The first-order valence-electron chi connectivity index (χ1n) is 9.79. The smallest absolute Gasteiger partial charge is 0.255 e. The highest BCUT2D eigenvalue weighted by atomic mass is 16.1. The summed E-state index contributed by atoms with van der Waals surface area (Å²) in [6, 6.07) is 18.2. The van der Waals surface area contributed by atoms with Crippen molar-refractivity contribution in [3.05, 3.63) is 83.7 Å². The fraction of sp³-hybridized carbons (Fsp3) is 0.304. The number of carbonyl (C=O) groups excluding carboxylic acids is 1. The third-order valence-electron chi connectivity index (χ3n) is 4.60. The molecule has 29 heavy (non-hydrogen) atoms. The molecular weight excluding hydrogens is 362 g/mol. The van der Waals surface area contributed by atoms with Gasteiger partial charge in [0.05, 0.1) is 18.4 Å². The zero-order valence-corrected chi connectivity index (χ0v) is 17.4. The molecule has 6 heteroatoms. The van der Waals surface area contributed by atoms with Crippen LogP contribution in [-0.2, 0) is 19.6 Å². The number of carbonyl (C=O) groups is 1. The normalized spacial score (nSPS) is 11.2. The van der Waals surface area contributed by atoms with Crippen molar-refractivity contribution in [1.82, 2.24) is 19.6 Å². The van der Waals surface area contributed by atoms with E-state index in [-0.39, 0.29) is 5.91 Å². The predicted octanol–water partition coefficient (Wildman–Crippen LogP) is 3.33. The number of anilines is 1. The molecule has 0 radical (unpaired) electrons. The summed E-state index contributed by atoms with van der Waals surface area (Å²) in [5, 5.41) is 7.24. The van der Waals surface area contributed by atoms with Gasteiger partial charge in [0.15, 0.2) is 0 Å². The van der Waals surface area contributed by atoms with Gasteiger partial charge in [-0.2, -0.15) is 5.10 Å². The SMILES string of the molecule is CN(C)CCn1cc(NC(=O)c2cccc(CN(C)Cc3ccccc3)c2)cn1. The van der Waals surface area contributed by atoms with Crippen LogP contribution in [-0.4, -0.2) is 53.2 Å². The van der Waals surface area contributed by atoms with E-state index < -0.39 is 0 Å². The zero-order valence-electron chi connectivity index (χ0n) is 17.4. The van der Waals surface area contributed by atoms with Gasteiger partial charge in [0.25, 0.3) is 5.91 Å². The largest absolute Gasteiger partial charge is 0.319 e. The standard InChI is InChI=1S/C23H29N5O/c1-26(2)12-13-28-18-22(15-24-28)25-23(29)21-11-7-10-20(14-21)17-27(3)16-19-8-5-4-6-9-19/h4-11,14-15,18H,12-13,16-17H2,1-3H3,(H,25,29). The molecule has 1 amide bonds. The summed E-state index contributed by atoms with van der Waals surface area (Å²) in [4.78, 5) is 17.0. The lowest BCUT2D eigenvalue weighted by molar-refractivity contribution is 0.102. The molecule has 0 atom stereocenters. The summed E-state index contributed by atoms with van der Waals surface area (Å²) in [7, 11) is 6.13. The maximum Gasteiger partial charge on any atom is 0.255 e. The van der Waals surface area contributed by atoms with E-state index in [1.54, 1.807) is 6.20 Å². The first-order valence-corrected chi connectivity index (χ1v) is 9.79. The van der Waals surface area contributed by atoms with Crippen molar-refractivity contribution in [2.24, 2.45) is 0 Å². The van der Waals surface area contributed by atoms with Crippen molar-refractivity contribution in [3.8, 4) is 0 Å². The second kappa shape index (κ2) is 10.0. The van der Waals surface area contributed by atoms with Gasteiger partial charge >= 0.3 is 0 Å². The number of nitrogens with one attached hydrogen (secondary N) is 1. The molecule has 2 aromatic carbocycles. The second-order valence-corrected chi connectivity index (χ2v) is 7.61. The van der Waals surface area contributed by atoms with E-state index in [0.29, 0.717) is 11.3 Å². The van der Waals surface area contributed by atoms with Crippen LogP contribution in [0.15, 0.2) is 67.0 Å². The third kappa shape index (κ3) is 6.55. The number of amides is 1. The Bertz CT molecular complexity index is 920. The maximum absolute atomic E-state index is 12.6. The topological polar surface area (TPSA) is 53.4 Å². The van der Waals surface area contributed by atoms with Crippen molar-refractivity contribution in [1.29, 1.82) is 0 Å². The molecule has 152 valence electrons. The molecule has 6 nitrogen and oxygen atoms in total. The second-order valence-electron chi connectivity index (χ2n) is 7.61. The zero-order chi connectivity index (χ0) is 20.6. The number of hydrogen-bond donors (Lipinski definition) is 1. The van der Waals surface area contributed by atoms with Gasteiger partial charge in [0.1, 0.15) is 0 Å². The third-order valence-corrected chi connectivity index (χ3v) is 4.60. The molecule has 0 unspecified atom stereocenters. The number of benzene rings is 2. The van der Waals surface area contributed by atoms with Gasteiger partial charge in [0.2, 0.25) is 0 Å². The quantitative estimate of drug-likeness (QED) is 0.608. The molecule has 0 aliphatic rings. The van der Waals surface area contributed by atoms with Crippen LogP contribution >= 0.6 is 0 Å². The van der Waals surface area contributed by atoms with Crippen molar-refractivity contribution in [3.63, 3.8) is 0 Å². The van der Waals surface area contributed by atoms with Crippen molar-refractivity contribution in [2.75, 3.05) is 33.0 Å². The van der Waals surface area contributed by atoms with E-state index in [9.17, 15) is 4.79 Å². The van der Waals surface area contributed by atoms with Crippen LogP contribution in [0.2, 0.25) is 0 Å². The fourth-order valence-corrected chi connectivity index (χ4v) is 3.13. The minimum Gasteiger partial charge on any atom is -0.319 e. The first-order chi connectivity index (χ1) is 14.0. The average Bonchev–Trinajstić information content (AvgIpc) is 3.14. The van der Waals surface area contributed by atoms with E-state index in [2.05, 4.69) is 57.6 Å². The van der Waals surface area contributed by atoms with Gasteiger partial charge in [-0.3, -0.25) is 14.4 Å². The molecule has 0 bridgehead atoms. The van der Waals surface area contributed by atoms with Crippen LogP contribution in [0.4, 0.5) is 5.69 Å². The highest BCUT2D eigenvalue weighted by Gasteiger charge is 2.10. The minimum absolute atomic E-state index is 0.121. The molecule has 0 fully saturated rings. The number of nitrogens with zero attached hydrogens (tertiary/aromatic N) is 4. The van der Waals surface area contributed by atoms with Gasteiger partial charge in [-0.1, -0.05) is 42.5 Å². The van der Waals surface area contributed by atoms with Crippen molar-refractivity contribution in [2.45, 2.75) is 19.6 Å². The number of likely N-dealkylation sites (N-methyl/N-ethyl adjacent to an activating group) is 1. The predicted molar refractivity (Wildman–Crippen MR) is 117 cm³/mol. The van der Waals surface area contributed by atoms with E-state index in [0.717, 1.165) is 31.7 Å². The van der Waals surface area contributed by atoms with Gasteiger partial charge in [-0.05, 0) is 44.4 Å². The molecule has 3 aromatic rings. The average molecular weight is 392 g/mol. The Labute approximate surface area is 172 Å². The number of rotatable bonds is 9. The molecule has 0 spiro atoms. The van der Waals surface area contributed by atoms with Crippen molar-refractivity contribution < 1.29 is 4.79 Å². The van der Waals surface area contributed by atoms with E-state index in [1.165, 1.54) is 5.56 Å². The monoisotopic (exact) mass is 391 g/mol. The summed E-state index contributed by atoms with van der Waals surface area (Å²) >= 11 is 0. The van der Waals surface area contributed by atoms with Crippen LogP contribution in [0.5, 0.6) is 0 Å². The van der Waals surface area contributed by atoms with Crippen LogP contribution < -0.4 is 5.32 Å². The van der Waals surface area contributed by atoms with Crippen LogP contribution in [0.3, 0.4) is 0 Å². The van der Waals surface area contributed by atoms with E-state index in [1.807, 2.05) is 49.2 Å². The number of hydrogen-bond acceptors (Lipinski definition) is 4. The lowest BCUT2D eigenvalue weighted by Crippen LogP contribution is -2.18. The van der Waals surface area contributed by atoms with Crippen LogP contribution in [0.25, 0.3) is 0 Å². The van der Waals surface area contributed by atoms with E-state index >= 15 is 0 Å². The molecule has 3 rings (SSSR count). The van der Waals surface area contributed by atoms with Crippen LogP contribution in [0.1, 0.15) is 21.5 Å². The molecule has 1 aromatic heterocycles. The maximum atomic E-state index is 12.6. The first kappa shape index (κ1) is 20.8. The molecule has 0 aliphatic heterocycles. The Morgan fingerprint density at radius 3 is 2.48 bits per heavy atom. The lowest BCUT2D eigenvalue weighted by atomic mass is 10.1. The Balaban J connectivity index is 1.57. The fourth-order valence-electron chi connectivity index (χ4n) is 3.13. The molecular formula is C23H29N5O. The number of aromatic nitrogens is 2. The molecule has 0 saturated heterocycles. The van der Waals surface area contributed by atoms with Gasteiger partial charge in [-0.25, -0.2) is 0 Å². The molecule has 0 aliphatic carbocycles. The van der Waals surface area contributed by atoms with Crippen LogP contribution in [0, 0.1) is 0 Å². The summed E-state index contributed by atoms with van der Waals surface area (Å²) in [5.74, 6) is -0.121. The molecule has 1 heterocycles. The Morgan fingerprint density at radius 2 is 1.72 bits per heavy atom. The summed E-state index contributed by atoms with van der Waals surface area (Å²) < 4.78 is 1.84. The van der Waals surface area contributed by atoms with E-state index in [4.69, 9.17) is 0 Å². The Kier molecular flexibility index (Phi) is 7.16. The van der Waals surface area contributed by atoms with Gasteiger partial charge in [-0.15, -0.1) is 0 Å². The Morgan fingerprint density at radius 1 is 1.00 bits per heavy atom. The van der Waals surface area contributed by atoms with Crippen molar-refractivity contribution >= 4 is 11.6 Å². The summed E-state index contributed by atoms with van der Waals surface area (Å²) in [5.41, 5.74) is 3.74. The highest BCUT2D eigenvalue weighted by molar-refractivity contribution is 6.04.